The molecule has 2 aliphatic heterocycles. The Morgan fingerprint density at radius 3 is 2.17 bits per heavy atom. The minimum Gasteiger partial charge on any atom is -0.394 e. The Labute approximate surface area is 253 Å². The average Bonchev–Trinajstić information content (AvgIpc) is 3.47. The number of unbranched alkanes of at least 4 members (excludes halogenated alkanes) is 1. The highest BCUT2D eigenvalue weighted by Crippen LogP contribution is 2.32. The van der Waals surface area contributed by atoms with E-state index >= 15 is 0 Å². The van der Waals surface area contributed by atoms with E-state index in [1.807, 2.05) is 75.8 Å². The smallest absolute Gasteiger partial charge is 0.227 e. The van der Waals surface area contributed by atoms with E-state index in [4.69, 9.17) is 17.0 Å². The summed E-state index contributed by atoms with van der Waals surface area (Å²) in [4.78, 5) is 25.1. The van der Waals surface area contributed by atoms with Crippen molar-refractivity contribution in [3.63, 3.8) is 0 Å². The van der Waals surface area contributed by atoms with Crippen LogP contribution in [0.15, 0.2) is 47.1 Å². The maximum atomic E-state index is 12.4. The quantitative estimate of drug-likeness (QED) is 0.199. The monoisotopic (exact) mass is 595 g/mol. The summed E-state index contributed by atoms with van der Waals surface area (Å²) < 4.78 is 0. The standard InChI is InChI=1S/C17H19ClN2O2S.C6H13N.C4H9N.C2H7N.C2H6/c18-15-4-2-1-3-13(15)9-16(22)20-7-5-12(6-8-20)17-19-14(10-21)11-23-17;1-4-6(2)5-7-3;1-2-3-4-5;1-3-2;1-2/h1-4,10-12,17,19H,5-9H2;5,7H,4H2,1-3H3;4-5H,2-3H2,1H3;3H,1-2H3;1-2H3/b;6-5+;;;. The molecule has 0 bridgehead atoms. The summed E-state index contributed by atoms with van der Waals surface area (Å²) in [6.45, 7) is 11.8. The first-order valence-corrected chi connectivity index (χ1v) is 15.6. The van der Waals surface area contributed by atoms with Gasteiger partial charge in [0.05, 0.1) is 17.5 Å². The summed E-state index contributed by atoms with van der Waals surface area (Å²) in [5.74, 6) is 0.619. The van der Waals surface area contributed by atoms with E-state index in [1.165, 1.54) is 11.8 Å². The van der Waals surface area contributed by atoms with Crippen molar-refractivity contribution in [2.75, 3.05) is 34.2 Å². The third-order valence-electron chi connectivity index (χ3n) is 5.78. The number of halogens is 1. The molecule has 3 rings (SSSR count). The molecule has 1 fully saturated rings. The molecule has 228 valence electrons. The van der Waals surface area contributed by atoms with E-state index in [0.29, 0.717) is 23.1 Å². The highest BCUT2D eigenvalue weighted by molar-refractivity contribution is 8.03. The van der Waals surface area contributed by atoms with Crippen LogP contribution in [-0.2, 0) is 16.0 Å². The predicted molar refractivity (Wildman–Crippen MR) is 176 cm³/mol. The van der Waals surface area contributed by atoms with E-state index in [-0.39, 0.29) is 11.3 Å². The van der Waals surface area contributed by atoms with E-state index in [9.17, 15) is 9.59 Å². The summed E-state index contributed by atoms with van der Waals surface area (Å²) in [5.41, 5.74) is 2.94. The number of hydrogen-bond acceptors (Lipinski definition) is 7. The van der Waals surface area contributed by atoms with Crippen LogP contribution in [0.2, 0.25) is 5.02 Å². The van der Waals surface area contributed by atoms with Gasteiger partial charge >= 0.3 is 0 Å². The third-order valence-corrected chi connectivity index (χ3v) is 7.33. The van der Waals surface area contributed by atoms with Crippen LogP contribution in [0.1, 0.15) is 72.3 Å². The molecule has 0 saturated carbocycles. The van der Waals surface area contributed by atoms with Crippen LogP contribution in [-0.4, -0.2) is 62.9 Å². The number of likely N-dealkylation sites (tertiary alicyclic amines) is 1. The van der Waals surface area contributed by atoms with Crippen molar-refractivity contribution in [2.45, 2.75) is 78.5 Å². The first-order chi connectivity index (χ1) is 19.3. The van der Waals surface area contributed by atoms with Gasteiger partial charge in [-0.1, -0.05) is 69.5 Å². The van der Waals surface area contributed by atoms with Gasteiger partial charge in [-0.15, -0.1) is 11.8 Å². The highest BCUT2D eigenvalue weighted by Gasteiger charge is 2.31. The zero-order chi connectivity index (χ0) is 30.8. The molecule has 0 radical (unpaired) electrons. The fourth-order valence-corrected chi connectivity index (χ4v) is 4.85. The summed E-state index contributed by atoms with van der Waals surface area (Å²) >= 11 is 7.80. The molecule has 0 aromatic heterocycles. The Kier molecular flexibility index (Phi) is 26.8. The molecule has 2 heterocycles. The van der Waals surface area contributed by atoms with Crippen molar-refractivity contribution in [1.29, 1.82) is 5.41 Å². The molecule has 2 aliphatic rings. The number of benzene rings is 1. The van der Waals surface area contributed by atoms with Crippen molar-refractivity contribution in [3.8, 4) is 0 Å². The minimum atomic E-state index is 0.135. The number of thioether (sulfide) groups is 1. The number of rotatable bonds is 8. The molecular weight excluding hydrogens is 542 g/mol. The van der Waals surface area contributed by atoms with Crippen LogP contribution in [0.25, 0.3) is 0 Å². The van der Waals surface area contributed by atoms with Crippen LogP contribution in [0, 0.1) is 11.3 Å². The van der Waals surface area contributed by atoms with Gasteiger partial charge in [0, 0.05) is 25.2 Å². The fourth-order valence-electron chi connectivity index (χ4n) is 3.53. The van der Waals surface area contributed by atoms with E-state index in [2.05, 4.69) is 36.7 Å². The highest BCUT2D eigenvalue weighted by atomic mass is 35.5. The molecule has 1 aromatic rings. The molecule has 9 heteroatoms. The second-order valence-electron chi connectivity index (χ2n) is 9.00. The van der Waals surface area contributed by atoms with Gasteiger partial charge in [-0.2, -0.15) is 0 Å². The van der Waals surface area contributed by atoms with Crippen LogP contribution in [0.4, 0.5) is 0 Å². The van der Waals surface area contributed by atoms with Gasteiger partial charge in [0.25, 0.3) is 0 Å². The average molecular weight is 596 g/mol. The molecule has 1 saturated heterocycles. The minimum absolute atomic E-state index is 0.135. The normalized spacial score (nSPS) is 16.0. The Balaban J connectivity index is 0. The number of aldehydes is 1. The zero-order valence-corrected chi connectivity index (χ0v) is 27.6. The maximum absolute atomic E-state index is 12.4. The summed E-state index contributed by atoms with van der Waals surface area (Å²) in [7, 11) is 5.67. The number of nitrogens with zero attached hydrogens (tertiary/aromatic N) is 1. The maximum Gasteiger partial charge on any atom is 0.227 e. The first-order valence-electron chi connectivity index (χ1n) is 14.3. The number of hydrogen-bond donors (Lipinski definition) is 4. The van der Waals surface area contributed by atoms with Gasteiger partial charge in [-0.3, -0.25) is 9.59 Å². The summed E-state index contributed by atoms with van der Waals surface area (Å²) in [6, 6.07) is 7.49. The van der Waals surface area contributed by atoms with E-state index < -0.39 is 0 Å². The molecule has 1 unspecified atom stereocenters. The van der Waals surface area contributed by atoms with Crippen molar-refractivity contribution in [3.05, 3.63) is 57.7 Å². The molecule has 1 aromatic carbocycles. The SMILES string of the molecule is CC.CC/C(C)=C/NC.CCCC=N.CNC.O=CC1=CSC(C2CCN(C(=O)Cc3ccccc3Cl)CC2)N1. The van der Waals surface area contributed by atoms with Crippen LogP contribution >= 0.6 is 23.4 Å². The lowest BCUT2D eigenvalue weighted by atomic mass is 9.96. The zero-order valence-electron chi connectivity index (χ0n) is 26.0. The topological polar surface area (TPSA) is 97.3 Å². The number of allylic oxidation sites excluding steroid dienone is 2. The van der Waals surface area contributed by atoms with Crippen molar-refractivity contribution < 1.29 is 9.59 Å². The molecule has 7 nitrogen and oxygen atoms in total. The van der Waals surface area contributed by atoms with Gasteiger partial charge in [0.2, 0.25) is 5.91 Å². The first kappa shape index (κ1) is 39.9. The van der Waals surface area contributed by atoms with Gasteiger partial charge in [-0.25, -0.2) is 0 Å². The second-order valence-corrected chi connectivity index (χ2v) is 10.4. The third kappa shape index (κ3) is 18.1. The van der Waals surface area contributed by atoms with E-state index in [1.54, 1.807) is 11.8 Å². The largest absolute Gasteiger partial charge is 0.394 e. The lowest BCUT2D eigenvalue weighted by Gasteiger charge is -2.34. The van der Waals surface area contributed by atoms with Crippen LogP contribution < -0.4 is 16.0 Å². The molecule has 1 amide bonds. The number of piperidine rings is 1. The summed E-state index contributed by atoms with van der Waals surface area (Å²) in [6.07, 6.45) is 9.75. The lowest BCUT2D eigenvalue weighted by Crippen LogP contribution is -2.43. The van der Waals surface area contributed by atoms with Crippen molar-refractivity contribution in [1.82, 2.24) is 20.9 Å². The molecule has 0 spiro atoms. The second kappa shape index (κ2) is 26.9. The number of nitrogens with one attached hydrogen (secondary N) is 4. The fraction of sp³-hybridized carbons (Fsp3) is 0.581. The molecule has 4 N–H and O–H groups in total. The molecule has 40 heavy (non-hydrogen) atoms. The Hall–Kier alpha value is -2.29. The lowest BCUT2D eigenvalue weighted by molar-refractivity contribution is -0.131. The van der Waals surface area contributed by atoms with E-state index in [0.717, 1.165) is 57.0 Å². The van der Waals surface area contributed by atoms with Crippen LogP contribution in [0.3, 0.4) is 0 Å². The number of carbonyl (C=O) groups excluding carboxylic acids is 2. The summed E-state index contributed by atoms with van der Waals surface area (Å²) in [5, 5.41) is 18.2. The van der Waals surface area contributed by atoms with Crippen molar-refractivity contribution in [2.24, 2.45) is 5.92 Å². The molecular formula is C31H54ClN5O2S. The predicted octanol–water partition coefficient (Wildman–Crippen LogP) is 6.64. The molecule has 0 aliphatic carbocycles. The Bertz CT molecular complexity index is 871. The number of amides is 1. The van der Waals surface area contributed by atoms with Gasteiger partial charge < -0.3 is 26.3 Å². The Morgan fingerprint density at radius 1 is 1.18 bits per heavy atom. The number of carbonyl (C=O) groups is 2. The van der Waals surface area contributed by atoms with Gasteiger partial charge in [-0.05, 0) is 82.1 Å². The van der Waals surface area contributed by atoms with Crippen LogP contribution in [0.5, 0.6) is 0 Å². The van der Waals surface area contributed by atoms with Gasteiger partial charge in [0.15, 0.2) is 6.29 Å². The molecule has 1 atom stereocenters. The van der Waals surface area contributed by atoms with Gasteiger partial charge in [0.1, 0.15) is 0 Å². The van der Waals surface area contributed by atoms with Crippen molar-refractivity contribution >= 4 is 41.8 Å². The Morgan fingerprint density at radius 2 is 1.77 bits per heavy atom.